The molecule has 0 radical (unpaired) electrons. The van der Waals surface area contributed by atoms with Crippen LogP contribution in [0, 0.1) is 0 Å². The topological polar surface area (TPSA) is 131 Å². The molecule has 0 aliphatic carbocycles. The van der Waals surface area contributed by atoms with Gasteiger partial charge in [-0.1, -0.05) is 34.1 Å². The first-order chi connectivity index (χ1) is 19.5. The number of amides is 1. The summed E-state index contributed by atoms with van der Waals surface area (Å²) in [6.07, 6.45) is 0. The minimum absolute atomic E-state index is 0.0205. The molecule has 0 atom stereocenters. The van der Waals surface area contributed by atoms with Crippen LogP contribution < -0.4 is 23.8 Å². The van der Waals surface area contributed by atoms with Gasteiger partial charge in [0, 0.05) is 21.9 Å². The molecule has 4 rings (SSSR count). The van der Waals surface area contributed by atoms with Crippen molar-refractivity contribution in [2.24, 2.45) is 0 Å². The van der Waals surface area contributed by atoms with Crippen LogP contribution in [0.2, 0.25) is 0 Å². The molecular formula is C28H26BrN3O7S2. The Morgan fingerprint density at radius 2 is 1.41 bits per heavy atom. The number of hydrogen-bond donors (Lipinski definition) is 2. The lowest BCUT2D eigenvalue weighted by Gasteiger charge is -2.26. The van der Waals surface area contributed by atoms with E-state index >= 15 is 0 Å². The van der Waals surface area contributed by atoms with Crippen LogP contribution in [0.3, 0.4) is 0 Å². The number of methoxy groups -OCH3 is 2. The van der Waals surface area contributed by atoms with Crippen molar-refractivity contribution in [3.63, 3.8) is 0 Å². The lowest BCUT2D eigenvalue weighted by atomic mass is 10.2. The van der Waals surface area contributed by atoms with E-state index in [0.717, 1.165) is 8.78 Å². The lowest BCUT2D eigenvalue weighted by Crippen LogP contribution is -2.38. The van der Waals surface area contributed by atoms with Gasteiger partial charge < -0.3 is 14.8 Å². The van der Waals surface area contributed by atoms with Gasteiger partial charge in [0.2, 0.25) is 5.91 Å². The molecule has 1 amide bonds. The van der Waals surface area contributed by atoms with Gasteiger partial charge in [0.25, 0.3) is 20.0 Å². The molecule has 0 heterocycles. The summed E-state index contributed by atoms with van der Waals surface area (Å²) in [4.78, 5) is 13.1. The zero-order valence-electron chi connectivity index (χ0n) is 21.9. The molecule has 4 aromatic carbocycles. The van der Waals surface area contributed by atoms with E-state index in [1.165, 1.54) is 56.7 Å². The van der Waals surface area contributed by atoms with Gasteiger partial charge in [-0.3, -0.25) is 13.8 Å². The molecule has 0 saturated carbocycles. The quantitative estimate of drug-likeness (QED) is 0.229. The number of hydrogen-bond acceptors (Lipinski definition) is 7. The first kappa shape index (κ1) is 29.9. The summed E-state index contributed by atoms with van der Waals surface area (Å²) in [7, 11) is -5.27. The van der Waals surface area contributed by atoms with Gasteiger partial charge in [-0.15, -0.1) is 0 Å². The molecule has 0 aromatic heterocycles. The van der Waals surface area contributed by atoms with Crippen LogP contribution in [0.4, 0.5) is 17.1 Å². The highest BCUT2D eigenvalue weighted by Gasteiger charge is 2.30. The molecule has 0 spiro atoms. The van der Waals surface area contributed by atoms with E-state index in [1.807, 2.05) is 0 Å². The molecular weight excluding hydrogens is 634 g/mol. The smallest absolute Gasteiger partial charge is 0.264 e. The Balaban J connectivity index is 1.58. The fraction of sp³-hybridized carbons (Fsp3) is 0.107. The molecule has 0 aliphatic heterocycles. The van der Waals surface area contributed by atoms with Crippen molar-refractivity contribution in [1.82, 2.24) is 0 Å². The van der Waals surface area contributed by atoms with Gasteiger partial charge in [0.15, 0.2) is 0 Å². The van der Waals surface area contributed by atoms with Gasteiger partial charge in [-0.2, -0.15) is 0 Å². The van der Waals surface area contributed by atoms with Gasteiger partial charge in [-0.25, -0.2) is 16.8 Å². The Bertz CT molecular complexity index is 1730. The number of rotatable bonds is 11. The minimum atomic E-state index is -4.21. The number of benzene rings is 4. The maximum atomic E-state index is 13.7. The van der Waals surface area contributed by atoms with E-state index in [2.05, 4.69) is 26.0 Å². The molecule has 0 fully saturated rings. The Labute approximate surface area is 247 Å². The molecule has 0 aliphatic rings. The van der Waals surface area contributed by atoms with Crippen molar-refractivity contribution in [1.29, 1.82) is 0 Å². The van der Waals surface area contributed by atoms with Crippen LogP contribution in [0.5, 0.6) is 11.5 Å². The third-order valence-corrected chi connectivity index (χ3v) is 9.52. The zero-order chi connectivity index (χ0) is 29.6. The number of sulfonamides is 2. The van der Waals surface area contributed by atoms with E-state index in [4.69, 9.17) is 9.47 Å². The number of anilines is 3. The van der Waals surface area contributed by atoms with Gasteiger partial charge in [-0.05, 0) is 72.8 Å². The average molecular weight is 661 g/mol. The van der Waals surface area contributed by atoms with Crippen LogP contribution in [0.25, 0.3) is 0 Å². The minimum Gasteiger partial charge on any atom is -0.497 e. The predicted octanol–water partition coefficient (Wildman–Crippen LogP) is 5.10. The molecule has 4 aromatic rings. The highest BCUT2D eigenvalue weighted by molar-refractivity contribution is 9.10. The summed E-state index contributed by atoms with van der Waals surface area (Å²) in [6, 6.07) is 24.4. The summed E-state index contributed by atoms with van der Waals surface area (Å²) >= 11 is 3.30. The molecule has 0 bridgehead atoms. The molecule has 2 N–H and O–H groups in total. The molecule has 0 unspecified atom stereocenters. The largest absolute Gasteiger partial charge is 0.497 e. The van der Waals surface area contributed by atoms with E-state index in [0.29, 0.717) is 11.4 Å². The zero-order valence-corrected chi connectivity index (χ0v) is 25.2. The molecule has 13 heteroatoms. The molecule has 10 nitrogen and oxygen atoms in total. The second kappa shape index (κ2) is 12.6. The number of carbonyl (C=O) groups excluding carboxylic acids is 1. The Hall–Kier alpha value is -4.07. The number of nitrogens with zero attached hydrogens (tertiary/aromatic N) is 1. The second-order valence-electron chi connectivity index (χ2n) is 8.55. The second-order valence-corrected chi connectivity index (χ2v) is 13.0. The van der Waals surface area contributed by atoms with Crippen molar-refractivity contribution in [2.45, 2.75) is 9.79 Å². The molecule has 41 heavy (non-hydrogen) atoms. The van der Waals surface area contributed by atoms with Gasteiger partial charge in [0.05, 0.1) is 29.7 Å². The first-order valence-electron chi connectivity index (χ1n) is 12.0. The molecule has 214 valence electrons. The van der Waals surface area contributed by atoms with E-state index in [1.54, 1.807) is 54.6 Å². The maximum Gasteiger partial charge on any atom is 0.264 e. The summed E-state index contributed by atoms with van der Waals surface area (Å²) in [5.41, 5.74) is 0.761. The van der Waals surface area contributed by atoms with Crippen molar-refractivity contribution >= 4 is 58.9 Å². The Kier molecular flexibility index (Phi) is 9.21. The van der Waals surface area contributed by atoms with Crippen molar-refractivity contribution in [3.05, 3.63) is 102 Å². The third kappa shape index (κ3) is 7.17. The van der Waals surface area contributed by atoms with E-state index in [9.17, 15) is 21.6 Å². The van der Waals surface area contributed by atoms with Crippen LogP contribution in [-0.2, 0) is 24.8 Å². The lowest BCUT2D eigenvalue weighted by molar-refractivity contribution is -0.114. The van der Waals surface area contributed by atoms with Crippen molar-refractivity contribution in [2.75, 3.05) is 35.1 Å². The van der Waals surface area contributed by atoms with Gasteiger partial charge >= 0.3 is 0 Å². The number of nitrogens with one attached hydrogen (secondary N) is 2. The fourth-order valence-corrected chi connectivity index (χ4v) is 6.56. The van der Waals surface area contributed by atoms with Crippen LogP contribution in [-0.4, -0.2) is 43.5 Å². The number of ether oxygens (including phenoxy) is 2. The number of carbonyl (C=O) groups is 1. The Morgan fingerprint density at radius 1 is 0.780 bits per heavy atom. The third-order valence-electron chi connectivity index (χ3n) is 5.82. The molecule has 0 saturated heterocycles. The van der Waals surface area contributed by atoms with Crippen LogP contribution in [0.1, 0.15) is 0 Å². The summed E-state index contributed by atoms with van der Waals surface area (Å²) in [5.74, 6) is -0.0908. The van der Waals surface area contributed by atoms with Crippen molar-refractivity contribution in [3.8, 4) is 11.5 Å². The predicted molar refractivity (Wildman–Crippen MR) is 161 cm³/mol. The monoisotopic (exact) mass is 659 g/mol. The van der Waals surface area contributed by atoms with Gasteiger partial charge in [0.1, 0.15) is 18.0 Å². The summed E-state index contributed by atoms with van der Waals surface area (Å²) < 4.78 is 67.8. The standard InChI is InChI=1S/C28H26BrN3O7S2/c1-38-23-14-17-27(39-2)26(18-23)32(41(36,37)25-6-4-3-5-7-25)19-28(33)30-21-12-15-24(16-13-21)40(34,35)31-22-10-8-20(29)9-11-22/h3-18,31H,19H2,1-2H3,(H,30,33). The van der Waals surface area contributed by atoms with Crippen molar-refractivity contribution < 1.29 is 31.1 Å². The van der Waals surface area contributed by atoms with Crippen LogP contribution >= 0.6 is 15.9 Å². The number of halogens is 1. The van der Waals surface area contributed by atoms with Crippen LogP contribution in [0.15, 0.2) is 111 Å². The normalized spacial score (nSPS) is 11.4. The van der Waals surface area contributed by atoms with E-state index in [-0.39, 0.29) is 26.9 Å². The summed E-state index contributed by atoms with van der Waals surface area (Å²) in [6.45, 7) is -0.605. The highest BCUT2D eigenvalue weighted by atomic mass is 79.9. The first-order valence-corrected chi connectivity index (χ1v) is 15.7. The fourth-order valence-electron chi connectivity index (χ4n) is 3.79. The average Bonchev–Trinajstić information content (AvgIpc) is 2.97. The Morgan fingerprint density at radius 3 is 2.02 bits per heavy atom. The summed E-state index contributed by atoms with van der Waals surface area (Å²) in [5, 5.41) is 2.63. The maximum absolute atomic E-state index is 13.7. The highest BCUT2D eigenvalue weighted by Crippen LogP contribution is 2.35. The SMILES string of the molecule is COc1ccc(OC)c(N(CC(=O)Nc2ccc(S(=O)(=O)Nc3ccc(Br)cc3)cc2)S(=O)(=O)c2ccccc2)c1. The van der Waals surface area contributed by atoms with E-state index < -0.39 is 32.5 Å².